The van der Waals surface area contributed by atoms with Gasteiger partial charge in [0.05, 0.1) is 0 Å². The number of rotatable bonds is 8. The fourth-order valence-electron chi connectivity index (χ4n) is 2.92. The Balaban J connectivity index is 3.50. The van der Waals surface area contributed by atoms with Crippen molar-refractivity contribution in [2.75, 3.05) is 0 Å². The SMILES string of the molecule is C=CCC(CC=C)=C1C(C)=C(C)C(CC=C)=C1CC=C. The van der Waals surface area contributed by atoms with Crippen molar-refractivity contribution in [1.29, 1.82) is 0 Å². The van der Waals surface area contributed by atoms with Gasteiger partial charge in [0.1, 0.15) is 0 Å². The highest BCUT2D eigenvalue weighted by atomic mass is 14.3. The van der Waals surface area contributed by atoms with Gasteiger partial charge in [-0.3, -0.25) is 0 Å². The third-order valence-corrected chi connectivity index (χ3v) is 3.89. The van der Waals surface area contributed by atoms with Crippen LogP contribution in [0, 0.1) is 0 Å². The van der Waals surface area contributed by atoms with E-state index in [2.05, 4.69) is 40.2 Å². The Morgan fingerprint density at radius 1 is 0.750 bits per heavy atom. The molecule has 0 aromatic carbocycles. The molecule has 0 atom stereocenters. The second-order valence-electron chi connectivity index (χ2n) is 5.16. The normalized spacial score (nSPS) is 14.6. The summed E-state index contributed by atoms with van der Waals surface area (Å²) in [5.74, 6) is 0. The van der Waals surface area contributed by atoms with Gasteiger partial charge in [0, 0.05) is 0 Å². The molecular formula is C20H26. The fraction of sp³-hybridized carbons (Fsp3) is 0.300. The highest BCUT2D eigenvalue weighted by Crippen LogP contribution is 2.43. The third-order valence-electron chi connectivity index (χ3n) is 3.89. The van der Waals surface area contributed by atoms with Crippen molar-refractivity contribution in [1.82, 2.24) is 0 Å². The van der Waals surface area contributed by atoms with E-state index in [-0.39, 0.29) is 0 Å². The zero-order valence-corrected chi connectivity index (χ0v) is 13.0. The van der Waals surface area contributed by atoms with Gasteiger partial charge in [-0.25, -0.2) is 0 Å². The Kier molecular flexibility index (Phi) is 6.24. The lowest BCUT2D eigenvalue weighted by atomic mass is 9.91. The first-order valence-corrected chi connectivity index (χ1v) is 7.18. The van der Waals surface area contributed by atoms with Gasteiger partial charge >= 0.3 is 0 Å². The van der Waals surface area contributed by atoms with Crippen LogP contribution in [0.25, 0.3) is 0 Å². The van der Waals surface area contributed by atoms with Gasteiger partial charge in [-0.15, -0.1) is 26.3 Å². The van der Waals surface area contributed by atoms with Crippen LogP contribution >= 0.6 is 0 Å². The summed E-state index contributed by atoms with van der Waals surface area (Å²) < 4.78 is 0. The quantitative estimate of drug-likeness (QED) is 0.456. The molecule has 1 rings (SSSR count). The van der Waals surface area contributed by atoms with Crippen LogP contribution in [0.1, 0.15) is 39.5 Å². The Morgan fingerprint density at radius 3 is 1.70 bits per heavy atom. The smallest absolute Gasteiger partial charge is 0.00911 e. The molecule has 0 nitrogen and oxygen atoms in total. The van der Waals surface area contributed by atoms with Gasteiger partial charge in [-0.1, -0.05) is 29.9 Å². The van der Waals surface area contributed by atoms with Crippen molar-refractivity contribution in [3.8, 4) is 0 Å². The maximum atomic E-state index is 3.91. The van der Waals surface area contributed by atoms with Crippen molar-refractivity contribution >= 4 is 0 Å². The molecule has 0 fully saturated rings. The largest absolute Gasteiger partial charge is 0.103 e. The first kappa shape index (κ1) is 16.2. The van der Waals surface area contributed by atoms with Crippen LogP contribution in [-0.4, -0.2) is 0 Å². The van der Waals surface area contributed by atoms with Crippen molar-refractivity contribution in [2.24, 2.45) is 0 Å². The first-order valence-electron chi connectivity index (χ1n) is 7.18. The van der Waals surface area contributed by atoms with Crippen LogP contribution in [0.2, 0.25) is 0 Å². The molecule has 20 heavy (non-hydrogen) atoms. The van der Waals surface area contributed by atoms with E-state index in [1.165, 1.54) is 33.4 Å². The average Bonchev–Trinajstić information content (AvgIpc) is 2.65. The van der Waals surface area contributed by atoms with Gasteiger partial charge < -0.3 is 0 Å². The van der Waals surface area contributed by atoms with E-state index < -0.39 is 0 Å². The lowest BCUT2D eigenvalue weighted by Crippen LogP contribution is -1.95. The molecule has 0 heteroatoms. The molecule has 0 aromatic heterocycles. The number of allylic oxidation sites excluding steroid dienone is 10. The van der Waals surface area contributed by atoms with Crippen LogP contribution in [-0.2, 0) is 0 Å². The topological polar surface area (TPSA) is 0 Å². The third kappa shape index (κ3) is 3.19. The molecule has 0 saturated carbocycles. The van der Waals surface area contributed by atoms with E-state index in [1.54, 1.807) is 0 Å². The molecule has 0 unspecified atom stereocenters. The summed E-state index contributed by atoms with van der Waals surface area (Å²) in [7, 11) is 0. The second kappa shape index (κ2) is 7.69. The fourth-order valence-corrected chi connectivity index (χ4v) is 2.92. The van der Waals surface area contributed by atoms with Crippen LogP contribution < -0.4 is 0 Å². The minimum absolute atomic E-state index is 0.908. The van der Waals surface area contributed by atoms with Gasteiger partial charge in [-0.2, -0.15) is 0 Å². The Bertz CT molecular complexity index is 506. The molecule has 0 spiro atoms. The van der Waals surface area contributed by atoms with Gasteiger partial charge in [-0.05, 0) is 67.4 Å². The molecule has 0 aliphatic heterocycles. The Hall–Kier alpha value is -1.82. The van der Waals surface area contributed by atoms with Crippen molar-refractivity contribution in [2.45, 2.75) is 39.5 Å². The molecule has 0 aromatic rings. The van der Waals surface area contributed by atoms with Gasteiger partial charge in [0.25, 0.3) is 0 Å². The van der Waals surface area contributed by atoms with Crippen LogP contribution in [0.5, 0.6) is 0 Å². The predicted molar refractivity (Wildman–Crippen MR) is 91.7 cm³/mol. The Morgan fingerprint density at radius 2 is 1.25 bits per heavy atom. The summed E-state index contributed by atoms with van der Waals surface area (Å²) in [5, 5.41) is 0. The summed E-state index contributed by atoms with van der Waals surface area (Å²) in [5.41, 5.74) is 8.41. The van der Waals surface area contributed by atoms with Crippen molar-refractivity contribution in [3.05, 3.63) is 84.1 Å². The summed E-state index contributed by atoms with van der Waals surface area (Å²) in [4.78, 5) is 0. The number of hydrogen-bond donors (Lipinski definition) is 0. The summed E-state index contributed by atoms with van der Waals surface area (Å²) >= 11 is 0. The number of hydrogen-bond acceptors (Lipinski definition) is 0. The summed E-state index contributed by atoms with van der Waals surface area (Å²) in [6, 6.07) is 0. The molecule has 0 radical (unpaired) electrons. The Labute approximate surface area is 124 Å². The monoisotopic (exact) mass is 266 g/mol. The van der Waals surface area contributed by atoms with Crippen molar-refractivity contribution in [3.63, 3.8) is 0 Å². The zero-order valence-electron chi connectivity index (χ0n) is 13.0. The minimum atomic E-state index is 0.908. The van der Waals surface area contributed by atoms with E-state index in [1.807, 2.05) is 24.3 Å². The lowest BCUT2D eigenvalue weighted by Gasteiger charge is -2.14. The zero-order chi connectivity index (χ0) is 15.1. The van der Waals surface area contributed by atoms with E-state index >= 15 is 0 Å². The highest BCUT2D eigenvalue weighted by molar-refractivity contribution is 5.65. The van der Waals surface area contributed by atoms with E-state index in [4.69, 9.17) is 0 Å². The van der Waals surface area contributed by atoms with Crippen LogP contribution in [0.4, 0.5) is 0 Å². The standard InChI is InChI=1S/C20H26/c1-7-11-17(12-8-2)20-16(6)15(5)18(13-9-3)19(20)14-10-4/h7-10H,1-4,11-14H2,5-6H3. The van der Waals surface area contributed by atoms with Crippen molar-refractivity contribution < 1.29 is 0 Å². The average molecular weight is 266 g/mol. The summed E-state index contributed by atoms with van der Waals surface area (Å²) in [6.45, 7) is 20.0. The van der Waals surface area contributed by atoms with E-state index in [0.717, 1.165) is 25.7 Å². The maximum absolute atomic E-state index is 3.91. The molecular weight excluding hydrogens is 240 g/mol. The molecule has 1 aliphatic carbocycles. The summed E-state index contributed by atoms with van der Waals surface area (Å²) in [6.07, 6.45) is 11.6. The van der Waals surface area contributed by atoms with Crippen LogP contribution in [0.15, 0.2) is 84.1 Å². The lowest BCUT2D eigenvalue weighted by molar-refractivity contribution is 1.05. The predicted octanol–water partition coefficient (Wildman–Crippen LogP) is 6.23. The van der Waals surface area contributed by atoms with Gasteiger partial charge in [0.15, 0.2) is 0 Å². The van der Waals surface area contributed by atoms with E-state index in [0.29, 0.717) is 0 Å². The second-order valence-corrected chi connectivity index (χ2v) is 5.16. The van der Waals surface area contributed by atoms with Crippen LogP contribution in [0.3, 0.4) is 0 Å². The first-order chi connectivity index (χ1) is 9.62. The molecule has 106 valence electrons. The molecule has 0 bridgehead atoms. The van der Waals surface area contributed by atoms with Gasteiger partial charge in [0.2, 0.25) is 0 Å². The molecule has 0 heterocycles. The maximum Gasteiger partial charge on any atom is -0.00911 e. The molecule has 0 N–H and O–H groups in total. The molecule has 1 aliphatic rings. The highest BCUT2D eigenvalue weighted by Gasteiger charge is 2.24. The molecule has 0 saturated heterocycles. The minimum Gasteiger partial charge on any atom is -0.103 e. The van der Waals surface area contributed by atoms with E-state index in [9.17, 15) is 0 Å². The molecule has 0 amide bonds.